The fraction of sp³-hybridized carbons (Fsp3) is 0.375. The van der Waals surface area contributed by atoms with Gasteiger partial charge in [-0.05, 0) is 49.9 Å². The van der Waals surface area contributed by atoms with Gasteiger partial charge in [0.25, 0.3) is 0 Å². The minimum Gasteiger partial charge on any atom is -0.397 e. The molecule has 2 aromatic rings. The summed E-state index contributed by atoms with van der Waals surface area (Å²) < 4.78 is 1.88. The van der Waals surface area contributed by atoms with Crippen LogP contribution in [0.15, 0.2) is 12.1 Å². The summed E-state index contributed by atoms with van der Waals surface area (Å²) in [6.45, 7) is 6.19. The van der Waals surface area contributed by atoms with Crippen molar-refractivity contribution < 1.29 is 4.79 Å². The van der Waals surface area contributed by atoms with E-state index in [1.165, 1.54) is 5.56 Å². The number of nitrogens with two attached hydrogens (primary N) is 1. The first-order valence-corrected chi connectivity index (χ1v) is 7.29. The maximum absolute atomic E-state index is 11.6. The molecule has 3 rings (SSSR count). The summed E-state index contributed by atoms with van der Waals surface area (Å²) in [6, 6.07) is 3.88. The number of rotatable bonds is 2. The standard InChI is InChI=1S/C16H20N4O/c1-4-12-9(2)19-20(10(12)3)15-8-14-11(7-13(15)17)5-6-16(21)18-14/h7-8H,4-6,17H2,1-3H3,(H,18,21). The number of benzene rings is 1. The summed E-state index contributed by atoms with van der Waals surface area (Å²) in [7, 11) is 0. The number of hydrogen-bond donors (Lipinski definition) is 2. The van der Waals surface area contributed by atoms with Gasteiger partial charge in [-0.25, -0.2) is 4.68 Å². The summed E-state index contributed by atoms with van der Waals surface area (Å²) in [4.78, 5) is 11.6. The van der Waals surface area contributed by atoms with E-state index in [1.807, 2.05) is 23.7 Å². The van der Waals surface area contributed by atoms with Gasteiger partial charge in [0.2, 0.25) is 5.91 Å². The van der Waals surface area contributed by atoms with Gasteiger partial charge in [-0.3, -0.25) is 4.79 Å². The number of carbonyl (C=O) groups is 1. The van der Waals surface area contributed by atoms with Gasteiger partial charge in [-0.15, -0.1) is 0 Å². The van der Waals surface area contributed by atoms with Gasteiger partial charge in [-0.1, -0.05) is 6.92 Å². The highest BCUT2D eigenvalue weighted by Crippen LogP contribution is 2.31. The second-order valence-corrected chi connectivity index (χ2v) is 5.53. The van der Waals surface area contributed by atoms with Gasteiger partial charge >= 0.3 is 0 Å². The highest BCUT2D eigenvalue weighted by atomic mass is 16.1. The summed E-state index contributed by atoms with van der Waals surface area (Å²) in [5.74, 6) is 0.0563. The summed E-state index contributed by atoms with van der Waals surface area (Å²) in [5, 5.41) is 7.52. The number of nitrogen functional groups attached to an aromatic ring is 1. The van der Waals surface area contributed by atoms with E-state index in [4.69, 9.17) is 5.73 Å². The number of aryl methyl sites for hydroxylation is 2. The Morgan fingerprint density at radius 3 is 2.76 bits per heavy atom. The van der Waals surface area contributed by atoms with Gasteiger partial charge in [-0.2, -0.15) is 5.10 Å². The zero-order chi connectivity index (χ0) is 15.1. The number of amides is 1. The van der Waals surface area contributed by atoms with Crippen LogP contribution in [0.25, 0.3) is 5.69 Å². The average Bonchev–Trinajstić information content (AvgIpc) is 2.73. The van der Waals surface area contributed by atoms with Crippen molar-refractivity contribution in [3.8, 4) is 5.69 Å². The molecule has 1 aromatic carbocycles. The largest absolute Gasteiger partial charge is 0.397 e. The molecule has 0 atom stereocenters. The molecule has 0 aliphatic carbocycles. The fourth-order valence-electron chi connectivity index (χ4n) is 3.04. The van der Waals surface area contributed by atoms with Crippen molar-refractivity contribution in [1.29, 1.82) is 0 Å². The number of aromatic nitrogens is 2. The highest BCUT2D eigenvalue weighted by Gasteiger charge is 2.19. The molecule has 1 aliphatic rings. The van der Waals surface area contributed by atoms with Crippen molar-refractivity contribution in [3.63, 3.8) is 0 Å². The van der Waals surface area contributed by atoms with Crippen molar-refractivity contribution >= 4 is 17.3 Å². The predicted octanol–water partition coefficient (Wildman–Crippen LogP) is 2.52. The molecular formula is C16H20N4O. The third-order valence-electron chi connectivity index (χ3n) is 4.17. The van der Waals surface area contributed by atoms with Gasteiger partial charge in [0.05, 0.1) is 17.1 Å². The zero-order valence-corrected chi connectivity index (χ0v) is 12.7. The Balaban J connectivity index is 2.15. The molecular weight excluding hydrogens is 264 g/mol. The molecule has 0 spiro atoms. The van der Waals surface area contributed by atoms with Gasteiger partial charge in [0, 0.05) is 17.8 Å². The van der Waals surface area contributed by atoms with Crippen LogP contribution in [0.1, 0.15) is 35.9 Å². The Bertz CT molecular complexity index is 730. The normalized spacial score (nSPS) is 14.0. The lowest BCUT2D eigenvalue weighted by Crippen LogP contribution is -2.20. The van der Waals surface area contributed by atoms with Crippen LogP contribution < -0.4 is 11.1 Å². The van der Waals surface area contributed by atoms with Gasteiger partial charge in [0.1, 0.15) is 0 Å². The molecule has 5 heteroatoms. The highest BCUT2D eigenvalue weighted by molar-refractivity contribution is 5.95. The molecule has 1 amide bonds. The third-order valence-corrected chi connectivity index (χ3v) is 4.17. The number of fused-ring (bicyclic) bond motifs is 1. The first kappa shape index (κ1) is 13.7. The van der Waals surface area contributed by atoms with E-state index in [9.17, 15) is 4.79 Å². The molecule has 0 fully saturated rings. The Kier molecular flexibility index (Phi) is 3.20. The summed E-state index contributed by atoms with van der Waals surface area (Å²) >= 11 is 0. The van der Waals surface area contributed by atoms with Crippen molar-refractivity contribution in [2.45, 2.75) is 40.0 Å². The fourth-order valence-corrected chi connectivity index (χ4v) is 3.04. The van der Waals surface area contributed by atoms with Crippen molar-refractivity contribution in [3.05, 3.63) is 34.6 Å². The molecule has 0 radical (unpaired) electrons. The van der Waals surface area contributed by atoms with Gasteiger partial charge < -0.3 is 11.1 Å². The number of nitrogens with zero attached hydrogens (tertiary/aromatic N) is 2. The molecule has 5 nitrogen and oxygen atoms in total. The molecule has 110 valence electrons. The first-order valence-electron chi connectivity index (χ1n) is 7.29. The van der Waals surface area contributed by atoms with Crippen LogP contribution in [0.5, 0.6) is 0 Å². The Labute approximate surface area is 124 Å². The van der Waals surface area contributed by atoms with E-state index in [-0.39, 0.29) is 5.91 Å². The average molecular weight is 284 g/mol. The minimum absolute atomic E-state index is 0.0563. The third kappa shape index (κ3) is 2.18. The van der Waals surface area contributed by atoms with E-state index >= 15 is 0 Å². The molecule has 0 bridgehead atoms. The van der Waals surface area contributed by atoms with E-state index in [0.29, 0.717) is 12.1 Å². The second-order valence-electron chi connectivity index (χ2n) is 5.53. The first-order chi connectivity index (χ1) is 10.0. The minimum atomic E-state index is 0.0563. The predicted molar refractivity (Wildman–Crippen MR) is 83.8 cm³/mol. The van der Waals surface area contributed by atoms with Crippen molar-refractivity contribution in [2.75, 3.05) is 11.1 Å². The van der Waals surface area contributed by atoms with Crippen LogP contribution >= 0.6 is 0 Å². The van der Waals surface area contributed by atoms with E-state index in [1.54, 1.807) is 0 Å². The van der Waals surface area contributed by atoms with Crippen LogP contribution in [0.2, 0.25) is 0 Å². The maximum atomic E-state index is 11.6. The molecule has 0 saturated heterocycles. The lowest BCUT2D eigenvalue weighted by Gasteiger charge is -2.19. The molecule has 21 heavy (non-hydrogen) atoms. The van der Waals surface area contributed by atoms with E-state index in [2.05, 4.69) is 24.3 Å². The van der Waals surface area contributed by atoms with Crippen molar-refractivity contribution in [2.24, 2.45) is 0 Å². The molecule has 0 unspecified atom stereocenters. The number of carbonyl (C=O) groups excluding carboxylic acids is 1. The molecule has 2 heterocycles. The van der Waals surface area contributed by atoms with Crippen LogP contribution in [0.4, 0.5) is 11.4 Å². The number of nitrogens with one attached hydrogen (secondary N) is 1. The monoisotopic (exact) mass is 284 g/mol. The lowest BCUT2D eigenvalue weighted by atomic mass is 10.0. The zero-order valence-electron chi connectivity index (χ0n) is 12.7. The SMILES string of the molecule is CCc1c(C)nn(-c2cc3c(cc2N)CCC(=O)N3)c1C. The number of anilines is 2. The Morgan fingerprint density at radius 1 is 1.33 bits per heavy atom. The molecule has 1 aliphatic heterocycles. The van der Waals surface area contributed by atoms with Crippen molar-refractivity contribution in [1.82, 2.24) is 9.78 Å². The quantitative estimate of drug-likeness (QED) is 0.832. The molecule has 1 aromatic heterocycles. The summed E-state index contributed by atoms with van der Waals surface area (Å²) in [6.07, 6.45) is 2.20. The van der Waals surface area contributed by atoms with Crippen LogP contribution in [0, 0.1) is 13.8 Å². The Morgan fingerprint density at radius 2 is 2.10 bits per heavy atom. The van der Waals surface area contributed by atoms with Crippen LogP contribution in [-0.2, 0) is 17.6 Å². The smallest absolute Gasteiger partial charge is 0.224 e. The Hall–Kier alpha value is -2.30. The van der Waals surface area contributed by atoms with Crippen LogP contribution in [-0.4, -0.2) is 15.7 Å². The van der Waals surface area contributed by atoms with E-state index < -0.39 is 0 Å². The lowest BCUT2D eigenvalue weighted by molar-refractivity contribution is -0.116. The summed E-state index contributed by atoms with van der Waals surface area (Å²) in [5.41, 5.74) is 13.0. The topological polar surface area (TPSA) is 72.9 Å². The molecule has 0 saturated carbocycles. The maximum Gasteiger partial charge on any atom is 0.224 e. The second kappa shape index (κ2) is 4.91. The van der Waals surface area contributed by atoms with Gasteiger partial charge in [0.15, 0.2) is 0 Å². The van der Waals surface area contributed by atoms with E-state index in [0.717, 1.165) is 41.2 Å². The van der Waals surface area contributed by atoms with Crippen LogP contribution in [0.3, 0.4) is 0 Å². The molecule has 3 N–H and O–H groups in total. The number of hydrogen-bond acceptors (Lipinski definition) is 3.